The average Bonchev–Trinajstić information content (AvgIpc) is 2.98. The van der Waals surface area contributed by atoms with Gasteiger partial charge in [-0.3, -0.25) is 9.59 Å². The molecular weight excluding hydrogens is 512 g/mol. The molecule has 3 unspecified atom stereocenters. The van der Waals surface area contributed by atoms with E-state index in [9.17, 15) is 9.59 Å². The molecule has 0 spiro atoms. The first-order valence-corrected chi connectivity index (χ1v) is 16.8. The zero-order valence-corrected chi connectivity index (χ0v) is 27.9. The topological polar surface area (TPSA) is 83.8 Å². The summed E-state index contributed by atoms with van der Waals surface area (Å²) in [6.07, 6.45) is 21.7. The van der Waals surface area contributed by atoms with E-state index in [0.29, 0.717) is 18.3 Å². The molecule has 1 rings (SSSR count). The lowest BCUT2D eigenvalue weighted by atomic mass is 9.99. The number of aromatic hydroxyl groups is 1. The summed E-state index contributed by atoms with van der Waals surface area (Å²) >= 11 is 0. The molecular formula is C36H66O5. The van der Waals surface area contributed by atoms with Gasteiger partial charge < -0.3 is 14.9 Å². The predicted molar refractivity (Wildman–Crippen MR) is 175 cm³/mol. The van der Waals surface area contributed by atoms with Crippen molar-refractivity contribution in [1.82, 2.24) is 0 Å². The molecule has 0 saturated heterocycles. The number of phenolic OH excluding ortho intramolecular Hbond substituents is 1. The maximum Gasteiger partial charge on any atom is 0.308 e. The average molecular weight is 579 g/mol. The molecule has 0 fully saturated rings. The van der Waals surface area contributed by atoms with E-state index in [4.69, 9.17) is 14.9 Å². The van der Waals surface area contributed by atoms with E-state index >= 15 is 0 Å². The summed E-state index contributed by atoms with van der Waals surface area (Å²) in [4.78, 5) is 21.4. The maximum atomic E-state index is 11.5. The first kappa shape index (κ1) is 41.1. The molecule has 3 atom stereocenters. The van der Waals surface area contributed by atoms with Crippen LogP contribution in [-0.2, 0) is 14.3 Å². The monoisotopic (exact) mass is 578 g/mol. The maximum absolute atomic E-state index is 11.5. The molecule has 0 saturated carbocycles. The van der Waals surface area contributed by atoms with E-state index in [1.807, 2.05) is 32.9 Å². The van der Waals surface area contributed by atoms with E-state index in [2.05, 4.69) is 20.8 Å². The summed E-state index contributed by atoms with van der Waals surface area (Å²) in [7, 11) is 0. The Balaban J connectivity index is 0. The van der Waals surface area contributed by atoms with Crippen LogP contribution in [0, 0.1) is 11.8 Å². The van der Waals surface area contributed by atoms with Crippen molar-refractivity contribution >= 4 is 11.9 Å². The second kappa shape index (κ2) is 29.5. The largest absolute Gasteiger partial charge is 0.508 e. The number of hydrogen-bond acceptors (Lipinski definition) is 4. The van der Waals surface area contributed by atoms with Crippen molar-refractivity contribution < 1.29 is 24.5 Å². The number of carboxylic acids is 1. The Morgan fingerprint density at radius 3 is 1.39 bits per heavy atom. The van der Waals surface area contributed by atoms with Crippen LogP contribution in [0.25, 0.3) is 0 Å². The Morgan fingerprint density at radius 1 is 0.634 bits per heavy atom. The van der Waals surface area contributed by atoms with Crippen molar-refractivity contribution in [2.24, 2.45) is 11.8 Å². The van der Waals surface area contributed by atoms with Crippen LogP contribution >= 0.6 is 0 Å². The lowest BCUT2D eigenvalue weighted by Crippen LogP contribution is -2.14. The summed E-state index contributed by atoms with van der Waals surface area (Å²) in [5.74, 6) is 0.0824. The van der Waals surface area contributed by atoms with Crippen molar-refractivity contribution in [2.45, 2.75) is 164 Å². The van der Waals surface area contributed by atoms with Crippen molar-refractivity contribution in [2.75, 3.05) is 6.61 Å². The molecule has 0 heterocycles. The Labute approximate surface area is 253 Å². The standard InChI is InChI=1S/C21H42O2.C10H14O.C5H10O2/c1-4-6-7-8-9-10-11-12-13-14-15-16-17-18-19-23-21(22)20(3)5-2;1-3-8(2)9-4-6-10(11)7-5-9;1-3-4(2)5(6)7/h20H,4-19H2,1-3H3;4-8,11H,3H2,1-2H3;4H,3H2,1-2H3,(H,6,7). The lowest BCUT2D eigenvalue weighted by molar-refractivity contribution is -0.148. The number of ether oxygens (including phenoxy) is 1. The minimum absolute atomic E-state index is 0.0257. The van der Waals surface area contributed by atoms with Gasteiger partial charge >= 0.3 is 11.9 Å². The number of carbonyl (C=O) groups excluding carboxylic acids is 1. The van der Waals surface area contributed by atoms with Crippen molar-refractivity contribution in [3.63, 3.8) is 0 Å². The summed E-state index contributed by atoms with van der Waals surface area (Å²) in [5.41, 5.74) is 1.30. The Hall–Kier alpha value is -2.04. The van der Waals surface area contributed by atoms with Gasteiger partial charge in [0.1, 0.15) is 5.75 Å². The van der Waals surface area contributed by atoms with Gasteiger partial charge in [-0.15, -0.1) is 0 Å². The van der Waals surface area contributed by atoms with Gasteiger partial charge in [0, 0.05) is 0 Å². The Bertz CT molecular complexity index is 715. The van der Waals surface area contributed by atoms with Gasteiger partial charge in [0.25, 0.3) is 0 Å². The van der Waals surface area contributed by atoms with Crippen LogP contribution in [-0.4, -0.2) is 28.8 Å². The summed E-state index contributed by atoms with van der Waals surface area (Å²) in [6.45, 7) is 14.8. The highest BCUT2D eigenvalue weighted by Gasteiger charge is 2.11. The second-order valence-electron chi connectivity index (χ2n) is 11.6. The fourth-order valence-electron chi connectivity index (χ4n) is 3.99. The fraction of sp³-hybridized carbons (Fsp3) is 0.778. The van der Waals surface area contributed by atoms with E-state index in [1.54, 1.807) is 19.1 Å². The molecule has 0 aromatic heterocycles. The van der Waals surface area contributed by atoms with Crippen LogP contribution in [0.1, 0.15) is 169 Å². The van der Waals surface area contributed by atoms with E-state index in [-0.39, 0.29) is 17.8 Å². The van der Waals surface area contributed by atoms with Crippen LogP contribution in [0.3, 0.4) is 0 Å². The van der Waals surface area contributed by atoms with Crippen molar-refractivity contribution in [3.05, 3.63) is 29.8 Å². The van der Waals surface area contributed by atoms with Crippen LogP contribution in [0.2, 0.25) is 0 Å². The highest BCUT2D eigenvalue weighted by molar-refractivity contribution is 5.71. The van der Waals surface area contributed by atoms with Crippen molar-refractivity contribution in [1.29, 1.82) is 0 Å². The Kier molecular flexibility index (Phi) is 29.5. The van der Waals surface area contributed by atoms with Gasteiger partial charge in [-0.25, -0.2) is 0 Å². The molecule has 41 heavy (non-hydrogen) atoms. The summed E-state index contributed by atoms with van der Waals surface area (Å²) in [5, 5.41) is 17.2. The SMILES string of the molecule is CCC(C)C(=O)O.CCC(C)c1ccc(O)cc1.CCCCCCCCCCCCCCCCOC(=O)C(C)CC. The third-order valence-electron chi connectivity index (χ3n) is 7.87. The van der Waals surface area contributed by atoms with E-state index in [1.165, 1.54) is 89.0 Å². The zero-order valence-electron chi connectivity index (χ0n) is 27.9. The van der Waals surface area contributed by atoms with E-state index in [0.717, 1.165) is 25.7 Å². The normalized spacial score (nSPS) is 12.7. The number of carbonyl (C=O) groups is 2. The first-order chi connectivity index (χ1) is 19.6. The number of rotatable bonds is 21. The number of hydrogen-bond donors (Lipinski definition) is 2. The molecule has 0 aliphatic heterocycles. The number of carboxylic acid groups (broad SMARTS) is 1. The van der Waals surface area contributed by atoms with Gasteiger partial charge in [0.2, 0.25) is 0 Å². The van der Waals surface area contributed by atoms with Gasteiger partial charge in [-0.05, 0) is 49.3 Å². The number of unbranched alkanes of at least 4 members (excludes halogenated alkanes) is 13. The molecule has 0 aliphatic rings. The molecule has 0 aliphatic carbocycles. The van der Waals surface area contributed by atoms with Gasteiger partial charge in [0.15, 0.2) is 0 Å². The second-order valence-corrected chi connectivity index (χ2v) is 11.6. The fourth-order valence-corrected chi connectivity index (χ4v) is 3.99. The molecule has 1 aromatic rings. The molecule has 1 aromatic carbocycles. The predicted octanol–water partition coefficient (Wildman–Crippen LogP) is 11.1. The van der Waals surface area contributed by atoms with Crippen LogP contribution in [0.5, 0.6) is 5.75 Å². The molecule has 0 radical (unpaired) electrons. The summed E-state index contributed by atoms with van der Waals surface area (Å²) < 4.78 is 5.26. The number of esters is 1. The van der Waals surface area contributed by atoms with Crippen molar-refractivity contribution in [3.8, 4) is 5.75 Å². The third kappa shape index (κ3) is 26.6. The quantitative estimate of drug-likeness (QED) is 0.112. The summed E-state index contributed by atoms with van der Waals surface area (Å²) in [6, 6.07) is 7.43. The number of benzene rings is 1. The van der Waals surface area contributed by atoms with Gasteiger partial charge in [-0.1, -0.05) is 144 Å². The lowest BCUT2D eigenvalue weighted by Gasteiger charge is -2.08. The van der Waals surface area contributed by atoms with E-state index < -0.39 is 5.97 Å². The molecule has 240 valence electrons. The first-order valence-electron chi connectivity index (χ1n) is 16.8. The van der Waals surface area contributed by atoms with Crippen LogP contribution in [0.4, 0.5) is 0 Å². The molecule has 5 heteroatoms. The van der Waals surface area contributed by atoms with Crippen LogP contribution in [0.15, 0.2) is 24.3 Å². The Morgan fingerprint density at radius 2 is 1.05 bits per heavy atom. The number of aliphatic carboxylic acids is 1. The molecule has 0 amide bonds. The van der Waals surface area contributed by atoms with Gasteiger partial charge in [0.05, 0.1) is 18.4 Å². The van der Waals surface area contributed by atoms with Crippen LogP contribution < -0.4 is 0 Å². The minimum atomic E-state index is -0.706. The highest BCUT2D eigenvalue weighted by Crippen LogP contribution is 2.20. The minimum Gasteiger partial charge on any atom is -0.508 e. The molecule has 2 N–H and O–H groups in total. The van der Waals surface area contributed by atoms with Gasteiger partial charge in [-0.2, -0.15) is 0 Å². The highest BCUT2D eigenvalue weighted by atomic mass is 16.5. The zero-order chi connectivity index (χ0) is 31.3. The number of phenols is 1. The smallest absolute Gasteiger partial charge is 0.308 e. The molecule has 5 nitrogen and oxygen atoms in total. The molecule has 0 bridgehead atoms. The third-order valence-corrected chi connectivity index (χ3v) is 7.87.